The second kappa shape index (κ2) is 9.42. The zero-order valence-electron chi connectivity index (χ0n) is 16.0. The first-order chi connectivity index (χ1) is 13.9. The summed E-state index contributed by atoms with van der Waals surface area (Å²) in [7, 11) is -3.44. The van der Waals surface area contributed by atoms with E-state index in [9.17, 15) is 18.0 Å². The van der Waals surface area contributed by atoms with Crippen molar-refractivity contribution < 1.29 is 22.7 Å². The van der Waals surface area contributed by atoms with Gasteiger partial charge >= 0.3 is 5.97 Å². The molecule has 0 radical (unpaired) electrons. The topological polar surface area (TPSA) is 119 Å². The number of nitrogens with one attached hydrogen (secondary N) is 1. The van der Waals surface area contributed by atoms with Crippen molar-refractivity contribution in [3.8, 4) is 0 Å². The number of carbonyl (C=O) groups is 2. The minimum Gasteiger partial charge on any atom is -0.461 e. The molecule has 29 heavy (non-hydrogen) atoms. The molecular formula is C18H22N4O5S2. The lowest BCUT2D eigenvalue weighted by Gasteiger charge is -2.15. The number of nitrogens with zero attached hydrogens (tertiary/aromatic N) is 3. The van der Waals surface area contributed by atoms with Crippen LogP contribution < -0.4 is 5.32 Å². The summed E-state index contributed by atoms with van der Waals surface area (Å²) in [5, 5.41) is 6.56. The fourth-order valence-electron chi connectivity index (χ4n) is 2.96. The van der Waals surface area contributed by atoms with Crippen molar-refractivity contribution in [2.75, 3.05) is 25.0 Å². The zero-order valence-corrected chi connectivity index (χ0v) is 17.6. The van der Waals surface area contributed by atoms with E-state index in [-0.39, 0.29) is 34.5 Å². The van der Waals surface area contributed by atoms with Gasteiger partial charge < -0.3 is 10.1 Å². The first-order valence-electron chi connectivity index (χ1n) is 9.30. The number of hydrogen-bond acceptors (Lipinski definition) is 8. The van der Waals surface area contributed by atoms with Crippen LogP contribution in [0, 0.1) is 0 Å². The lowest BCUT2D eigenvalue weighted by Crippen LogP contribution is -2.27. The largest absolute Gasteiger partial charge is 0.461 e. The van der Waals surface area contributed by atoms with E-state index in [0.29, 0.717) is 19.5 Å². The highest BCUT2D eigenvalue weighted by atomic mass is 32.2. The molecule has 1 saturated heterocycles. The second-order valence-electron chi connectivity index (χ2n) is 6.47. The molecule has 2 heterocycles. The van der Waals surface area contributed by atoms with E-state index in [0.717, 1.165) is 29.9 Å². The van der Waals surface area contributed by atoms with Crippen molar-refractivity contribution in [3.63, 3.8) is 0 Å². The molecule has 1 aliphatic rings. The Kier molecular flexibility index (Phi) is 6.93. The number of benzene rings is 1. The van der Waals surface area contributed by atoms with Gasteiger partial charge in [-0.2, -0.15) is 4.31 Å². The van der Waals surface area contributed by atoms with Gasteiger partial charge in [0.25, 0.3) is 0 Å². The van der Waals surface area contributed by atoms with Crippen LogP contribution in [0.5, 0.6) is 0 Å². The van der Waals surface area contributed by atoms with Gasteiger partial charge in [0, 0.05) is 31.0 Å². The Morgan fingerprint density at radius 3 is 2.55 bits per heavy atom. The third-order valence-corrected chi connectivity index (χ3v) is 7.03. The number of ether oxygens (including phenoxy) is 1. The lowest BCUT2D eigenvalue weighted by atomic mass is 10.1. The highest BCUT2D eigenvalue weighted by Gasteiger charge is 2.27. The summed E-state index contributed by atoms with van der Waals surface area (Å²) < 4.78 is 35.1. The summed E-state index contributed by atoms with van der Waals surface area (Å²) in [4.78, 5) is 24.2. The van der Waals surface area contributed by atoms with Gasteiger partial charge in [0.15, 0.2) is 5.00 Å². The van der Waals surface area contributed by atoms with Crippen LogP contribution in [-0.2, 0) is 26.0 Å². The second-order valence-corrected chi connectivity index (χ2v) is 9.17. The molecule has 1 fully saturated rings. The molecule has 0 bridgehead atoms. The first-order valence-corrected chi connectivity index (χ1v) is 11.5. The van der Waals surface area contributed by atoms with Crippen LogP contribution in [0.2, 0.25) is 0 Å². The number of carbonyl (C=O) groups excluding carboxylic acids is 2. The van der Waals surface area contributed by atoms with Gasteiger partial charge in [-0.05, 0) is 43.9 Å². The molecule has 156 valence electrons. The number of amides is 1. The van der Waals surface area contributed by atoms with Gasteiger partial charge in [-0.25, -0.2) is 13.2 Å². The minimum absolute atomic E-state index is 0.0123. The molecule has 1 amide bonds. The SMILES string of the molecule is CCOC(=O)c1nnsc1NC(=O)CCc1ccc(S(=O)(=O)N2CCCC2)cc1. The molecule has 1 N–H and O–H groups in total. The molecule has 1 aliphatic heterocycles. The molecule has 3 rings (SSSR count). The number of aryl methyl sites for hydroxylation is 1. The summed E-state index contributed by atoms with van der Waals surface area (Å²) in [5.74, 6) is -0.929. The summed E-state index contributed by atoms with van der Waals surface area (Å²) in [5.41, 5.74) is 0.829. The number of sulfonamides is 1. The maximum Gasteiger partial charge on any atom is 0.362 e. The van der Waals surface area contributed by atoms with E-state index >= 15 is 0 Å². The molecule has 0 spiro atoms. The van der Waals surface area contributed by atoms with E-state index in [2.05, 4.69) is 14.9 Å². The highest BCUT2D eigenvalue weighted by molar-refractivity contribution is 7.89. The fraction of sp³-hybridized carbons (Fsp3) is 0.444. The van der Waals surface area contributed by atoms with Gasteiger partial charge in [0.05, 0.1) is 11.5 Å². The Morgan fingerprint density at radius 2 is 1.90 bits per heavy atom. The van der Waals surface area contributed by atoms with Crippen LogP contribution in [0.3, 0.4) is 0 Å². The van der Waals surface area contributed by atoms with Crippen LogP contribution in [0.1, 0.15) is 42.2 Å². The van der Waals surface area contributed by atoms with E-state index in [4.69, 9.17) is 4.74 Å². The molecule has 1 aromatic heterocycles. The first kappa shape index (κ1) is 21.3. The third-order valence-electron chi connectivity index (χ3n) is 4.48. The Morgan fingerprint density at radius 1 is 1.21 bits per heavy atom. The number of esters is 1. The number of rotatable bonds is 8. The van der Waals surface area contributed by atoms with E-state index in [1.807, 2.05) is 0 Å². The molecule has 0 saturated carbocycles. The van der Waals surface area contributed by atoms with E-state index in [1.165, 1.54) is 4.31 Å². The summed E-state index contributed by atoms with van der Waals surface area (Å²) in [6, 6.07) is 6.59. The predicted molar refractivity (Wildman–Crippen MR) is 107 cm³/mol. The van der Waals surface area contributed by atoms with Crippen LogP contribution in [0.4, 0.5) is 5.00 Å². The average Bonchev–Trinajstić information content (AvgIpc) is 3.39. The molecular weight excluding hydrogens is 416 g/mol. The van der Waals surface area contributed by atoms with E-state index < -0.39 is 16.0 Å². The normalized spacial score (nSPS) is 14.7. The number of anilines is 1. The molecule has 0 unspecified atom stereocenters. The third kappa shape index (κ3) is 5.17. The molecule has 0 aliphatic carbocycles. The van der Waals surface area contributed by atoms with Crippen molar-refractivity contribution in [2.24, 2.45) is 0 Å². The number of hydrogen-bond donors (Lipinski definition) is 1. The minimum atomic E-state index is -3.44. The van der Waals surface area contributed by atoms with Gasteiger partial charge in [-0.1, -0.05) is 16.6 Å². The van der Waals surface area contributed by atoms with Crippen molar-refractivity contribution in [1.82, 2.24) is 13.9 Å². The van der Waals surface area contributed by atoms with Gasteiger partial charge in [0.1, 0.15) is 0 Å². The molecule has 2 aromatic rings. The highest BCUT2D eigenvalue weighted by Crippen LogP contribution is 2.22. The Labute approximate surface area is 173 Å². The quantitative estimate of drug-likeness (QED) is 0.627. The van der Waals surface area contributed by atoms with Crippen molar-refractivity contribution >= 4 is 38.4 Å². The standard InChI is InChI=1S/C18H22N4O5S2/c1-2-27-18(24)16-17(28-21-20-16)19-15(23)10-7-13-5-8-14(9-6-13)29(25,26)22-11-3-4-12-22/h5-6,8-9H,2-4,7,10-12H2,1H3,(H,19,23). The molecule has 0 atom stereocenters. The molecule has 1 aromatic carbocycles. The predicted octanol–water partition coefficient (Wildman–Crippen LogP) is 2.07. The zero-order chi connectivity index (χ0) is 20.9. The Balaban J connectivity index is 1.56. The van der Waals surface area contributed by atoms with Crippen molar-refractivity contribution in [3.05, 3.63) is 35.5 Å². The van der Waals surface area contributed by atoms with Crippen LogP contribution >= 0.6 is 11.5 Å². The van der Waals surface area contributed by atoms with Crippen molar-refractivity contribution in [2.45, 2.75) is 37.5 Å². The summed E-state index contributed by atoms with van der Waals surface area (Å²) in [6.07, 6.45) is 2.37. The number of aromatic nitrogens is 2. The van der Waals surface area contributed by atoms with Gasteiger partial charge in [0.2, 0.25) is 21.6 Å². The monoisotopic (exact) mass is 438 g/mol. The molecule has 9 nitrogen and oxygen atoms in total. The maximum absolute atomic E-state index is 12.5. The Bertz CT molecular complexity index is 966. The summed E-state index contributed by atoms with van der Waals surface area (Å²) in [6.45, 7) is 3.00. The van der Waals surface area contributed by atoms with Crippen LogP contribution in [-0.4, -0.2) is 53.9 Å². The maximum atomic E-state index is 12.5. The fourth-order valence-corrected chi connectivity index (χ4v) is 5.05. The Hall–Kier alpha value is -2.37. The summed E-state index contributed by atoms with van der Waals surface area (Å²) >= 11 is 0.905. The lowest BCUT2D eigenvalue weighted by molar-refractivity contribution is -0.116. The smallest absolute Gasteiger partial charge is 0.362 e. The van der Waals surface area contributed by atoms with E-state index in [1.54, 1.807) is 31.2 Å². The van der Waals surface area contributed by atoms with Crippen molar-refractivity contribution in [1.29, 1.82) is 0 Å². The van der Waals surface area contributed by atoms with Gasteiger partial charge in [-0.3, -0.25) is 4.79 Å². The molecule has 11 heteroatoms. The van der Waals surface area contributed by atoms with Gasteiger partial charge in [-0.15, -0.1) is 5.10 Å². The average molecular weight is 439 g/mol. The van der Waals surface area contributed by atoms with Crippen LogP contribution in [0.15, 0.2) is 29.2 Å². The van der Waals surface area contributed by atoms with Crippen LogP contribution in [0.25, 0.3) is 0 Å².